The van der Waals surface area contributed by atoms with Crippen LogP contribution < -0.4 is 5.32 Å². The first-order valence-corrected chi connectivity index (χ1v) is 7.69. The van der Waals surface area contributed by atoms with Crippen LogP contribution in [0.15, 0.2) is 16.7 Å². The molecule has 2 unspecified atom stereocenters. The molecule has 1 N–H and O–H groups in total. The molecule has 0 fully saturated rings. The van der Waals surface area contributed by atoms with Crippen molar-refractivity contribution < 1.29 is 9.13 Å². The Balaban J connectivity index is 2.67. The maximum absolute atomic E-state index is 11.2. The lowest BCUT2D eigenvalue weighted by Gasteiger charge is -2.09. The van der Waals surface area contributed by atoms with Crippen LogP contribution in [-0.4, -0.2) is 32.2 Å². The molecule has 0 aromatic carbocycles. The van der Waals surface area contributed by atoms with Gasteiger partial charge >= 0.3 is 5.69 Å². The molecule has 6 nitrogen and oxygen atoms in total. The highest BCUT2D eigenvalue weighted by Gasteiger charge is 2.16. The molecule has 2 atom stereocenters. The highest BCUT2D eigenvalue weighted by Crippen LogP contribution is 2.25. The first-order valence-electron chi connectivity index (χ1n) is 5.28. The lowest BCUT2D eigenvalue weighted by atomic mass is 10.3. The molecule has 0 aliphatic rings. The summed E-state index contributed by atoms with van der Waals surface area (Å²) in [5.41, 5.74) is -0.0744. The van der Waals surface area contributed by atoms with Crippen LogP contribution in [0, 0.1) is 10.1 Å². The smallest absolute Gasteiger partial charge is 0.312 e. The lowest BCUT2D eigenvalue weighted by molar-refractivity contribution is -0.384. The first-order chi connectivity index (χ1) is 8.41. The van der Waals surface area contributed by atoms with Crippen molar-refractivity contribution in [1.29, 1.82) is 0 Å². The Morgan fingerprint density at radius 2 is 2.33 bits per heavy atom. The highest BCUT2D eigenvalue weighted by molar-refractivity contribution is 9.10. The molecular formula is C10H14BrN3O3S. The van der Waals surface area contributed by atoms with Gasteiger partial charge in [-0.2, -0.15) is 0 Å². The molecule has 1 aromatic rings. The average Bonchev–Trinajstić information content (AvgIpc) is 2.30. The minimum atomic E-state index is -0.888. The van der Waals surface area contributed by atoms with Crippen molar-refractivity contribution in [2.75, 3.05) is 18.1 Å². The zero-order chi connectivity index (χ0) is 13.7. The van der Waals surface area contributed by atoms with Gasteiger partial charge in [-0.1, -0.05) is 6.92 Å². The number of halogens is 1. The topological polar surface area (TPSA) is 85.1 Å². The van der Waals surface area contributed by atoms with Crippen LogP contribution in [-0.2, 0) is 10.8 Å². The molecule has 100 valence electrons. The first kappa shape index (κ1) is 15.0. The zero-order valence-corrected chi connectivity index (χ0v) is 12.5. The predicted octanol–water partition coefficient (Wildman–Crippen LogP) is 2.32. The van der Waals surface area contributed by atoms with Crippen molar-refractivity contribution >= 4 is 38.2 Å². The predicted molar refractivity (Wildman–Crippen MR) is 75.2 cm³/mol. The van der Waals surface area contributed by atoms with E-state index >= 15 is 0 Å². The number of hydrogen-bond donors (Lipinski definition) is 1. The number of anilines is 1. The van der Waals surface area contributed by atoms with E-state index in [1.54, 1.807) is 6.26 Å². The van der Waals surface area contributed by atoms with Crippen LogP contribution in [0.2, 0.25) is 0 Å². The highest BCUT2D eigenvalue weighted by atomic mass is 79.9. The minimum absolute atomic E-state index is 0.0482. The Bertz CT molecular complexity index is 470. The van der Waals surface area contributed by atoms with E-state index in [1.165, 1.54) is 12.3 Å². The van der Waals surface area contributed by atoms with Crippen LogP contribution in [0.1, 0.15) is 13.3 Å². The second-order valence-electron chi connectivity index (χ2n) is 3.80. The summed E-state index contributed by atoms with van der Waals surface area (Å²) in [5.74, 6) is 0.234. The third-order valence-electron chi connectivity index (χ3n) is 2.44. The number of rotatable bonds is 6. The summed E-state index contributed by atoms with van der Waals surface area (Å²) in [7, 11) is -0.888. The number of nitrogens with zero attached hydrogens (tertiary/aromatic N) is 2. The van der Waals surface area contributed by atoms with Crippen molar-refractivity contribution in [3.63, 3.8) is 0 Å². The normalized spacial score (nSPS) is 13.9. The second-order valence-corrected chi connectivity index (χ2v) is 6.52. The molecule has 0 saturated heterocycles. The minimum Gasteiger partial charge on any atom is -0.364 e. The van der Waals surface area contributed by atoms with Crippen LogP contribution in [0.3, 0.4) is 0 Å². The second kappa shape index (κ2) is 6.79. The van der Waals surface area contributed by atoms with Gasteiger partial charge in [0.05, 0.1) is 4.92 Å². The van der Waals surface area contributed by atoms with Crippen molar-refractivity contribution in [2.45, 2.75) is 18.6 Å². The van der Waals surface area contributed by atoms with Gasteiger partial charge in [0.15, 0.2) is 0 Å². The van der Waals surface area contributed by atoms with Gasteiger partial charge < -0.3 is 5.32 Å². The lowest BCUT2D eigenvalue weighted by Crippen LogP contribution is -2.15. The molecule has 0 bridgehead atoms. The molecule has 1 aromatic heterocycles. The largest absolute Gasteiger partial charge is 0.364 e. The maximum Gasteiger partial charge on any atom is 0.312 e. The molecule has 0 saturated carbocycles. The summed E-state index contributed by atoms with van der Waals surface area (Å²) >= 11 is 3.14. The van der Waals surface area contributed by atoms with Gasteiger partial charge in [0.1, 0.15) is 0 Å². The van der Waals surface area contributed by atoms with Crippen molar-refractivity contribution in [2.24, 2.45) is 0 Å². The Morgan fingerprint density at radius 3 is 2.89 bits per heavy atom. The summed E-state index contributed by atoms with van der Waals surface area (Å²) in [6.07, 6.45) is 3.81. The monoisotopic (exact) mass is 335 g/mol. The number of aromatic nitrogens is 1. The summed E-state index contributed by atoms with van der Waals surface area (Å²) in [6, 6.07) is 1.40. The van der Waals surface area contributed by atoms with E-state index in [-0.39, 0.29) is 16.8 Å². The van der Waals surface area contributed by atoms with Crippen LogP contribution in [0.25, 0.3) is 0 Å². The van der Waals surface area contributed by atoms with E-state index in [4.69, 9.17) is 0 Å². The van der Waals surface area contributed by atoms with Crippen LogP contribution in [0.5, 0.6) is 0 Å². The van der Waals surface area contributed by atoms with E-state index in [1.807, 2.05) is 6.92 Å². The van der Waals surface area contributed by atoms with Gasteiger partial charge in [-0.15, -0.1) is 0 Å². The molecular weight excluding hydrogens is 322 g/mol. The van der Waals surface area contributed by atoms with E-state index in [2.05, 4.69) is 26.2 Å². The number of pyridine rings is 1. The number of nitro groups is 1. The molecule has 0 spiro atoms. The summed E-state index contributed by atoms with van der Waals surface area (Å²) in [4.78, 5) is 14.3. The fourth-order valence-electron chi connectivity index (χ4n) is 1.26. The van der Waals surface area contributed by atoms with E-state index in [0.29, 0.717) is 17.4 Å². The van der Waals surface area contributed by atoms with E-state index in [0.717, 1.165) is 0 Å². The molecule has 18 heavy (non-hydrogen) atoms. The standard InChI is InChI=1S/C10H14BrN3O3S/c1-7(18(2)17)3-4-12-10-9(14(15)16)5-8(11)6-13-10/h5-7H,3-4H2,1-2H3,(H,12,13). The van der Waals surface area contributed by atoms with Crippen molar-refractivity contribution in [3.8, 4) is 0 Å². The van der Waals surface area contributed by atoms with Gasteiger partial charge in [-0.05, 0) is 22.4 Å². The molecule has 8 heteroatoms. The summed E-state index contributed by atoms with van der Waals surface area (Å²) < 4.78 is 11.7. The molecule has 0 aliphatic carbocycles. The van der Waals surface area contributed by atoms with Gasteiger partial charge in [0.25, 0.3) is 0 Å². The van der Waals surface area contributed by atoms with Gasteiger partial charge in [0.2, 0.25) is 5.82 Å². The van der Waals surface area contributed by atoms with Gasteiger partial charge in [0, 0.05) is 45.6 Å². The summed E-state index contributed by atoms with van der Waals surface area (Å²) in [6.45, 7) is 2.37. The van der Waals surface area contributed by atoms with Crippen LogP contribution >= 0.6 is 15.9 Å². The van der Waals surface area contributed by atoms with Crippen LogP contribution in [0.4, 0.5) is 11.5 Å². The molecule has 1 heterocycles. The molecule has 0 aliphatic heterocycles. The number of nitrogens with one attached hydrogen (secondary N) is 1. The molecule has 0 amide bonds. The summed E-state index contributed by atoms with van der Waals surface area (Å²) in [5, 5.41) is 13.8. The Kier molecular flexibility index (Phi) is 5.67. The van der Waals surface area contributed by atoms with Gasteiger partial charge in [-0.25, -0.2) is 4.98 Å². The Hall–Kier alpha value is -1.02. The zero-order valence-electron chi connectivity index (χ0n) is 10.1. The SMILES string of the molecule is CC(CCNc1ncc(Br)cc1[N+](=O)[O-])S(C)=O. The third kappa shape index (κ3) is 4.34. The number of hydrogen-bond acceptors (Lipinski definition) is 5. The Morgan fingerprint density at radius 1 is 1.67 bits per heavy atom. The fourth-order valence-corrected chi connectivity index (χ4v) is 2.03. The fraction of sp³-hybridized carbons (Fsp3) is 0.500. The van der Waals surface area contributed by atoms with Crippen molar-refractivity contribution in [3.05, 3.63) is 26.9 Å². The Labute approximate surface area is 116 Å². The third-order valence-corrected chi connectivity index (χ3v) is 4.24. The van der Waals surface area contributed by atoms with Crippen molar-refractivity contribution in [1.82, 2.24) is 4.98 Å². The average molecular weight is 336 g/mol. The van der Waals surface area contributed by atoms with Gasteiger partial charge in [-0.3, -0.25) is 14.3 Å². The van der Waals surface area contributed by atoms with E-state index in [9.17, 15) is 14.3 Å². The quantitative estimate of drug-likeness (QED) is 0.636. The maximum atomic E-state index is 11.2. The molecule has 1 rings (SSSR count). The molecule has 0 radical (unpaired) electrons. The van der Waals surface area contributed by atoms with E-state index < -0.39 is 15.7 Å².